The smallest absolute Gasteiger partial charge is 0.224 e. The molecule has 0 spiro atoms. The van der Waals surface area contributed by atoms with Gasteiger partial charge in [0, 0.05) is 64.6 Å². The lowest BCUT2D eigenvalue weighted by Gasteiger charge is -2.33. The number of nitrogens with one attached hydrogen (secondary N) is 2. The van der Waals surface area contributed by atoms with E-state index in [2.05, 4.69) is 22.1 Å². The Morgan fingerprint density at radius 1 is 1.47 bits per heavy atom. The molecule has 2 rings (SSSR count). The fourth-order valence-corrected chi connectivity index (χ4v) is 2.48. The summed E-state index contributed by atoms with van der Waals surface area (Å²) in [6, 6.07) is 2.33. The van der Waals surface area contributed by atoms with Gasteiger partial charge in [0.2, 0.25) is 5.91 Å². The van der Waals surface area contributed by atoms with Crippen molar-refractivity contribution in [3.05, 3.63) is 24.0 Å². The van der Waals surface area contributed by atoms with Gasteiger partial charge in [0.25, 0.3) is 0 Å². The number of aromatic nitrogens is 1. The van der Waals surface area contributed by atoms with E-state index < -0.39 is 0 Å². The van der Waals surface area contributed by atoms with Crippen molar-refractivity contribution in [3.63, 3.8) is 0 Å². The summed E-state index contributed by atoms with van der Waals surface area (Å²) in [6.45, 7) is 6.95. The zero-order valence-corrected chi connectivity index (χ0v) is 11.9. The molecule has 1 atom stereocenters. The van der Waals surface area contributed by atoms with Crippen LogP contribution in [0, 0.1) is 0 Å². The van der Waals surface area contributed by atoms with Crippen molar-refractivity contribution in [3.8, 4) is 0 Å². The van der Waals surface area contributed by atoms with Gasteiger partial charge in [-0.2, -0.15) is 0 Å². The van der Waals surface area contributed by atoms with Gasteiger partial charge in [0.15, 0.2) is 0 Å². The first-order valence-corrected chi connectivity index (χ1v) is 6.97. The maximum absolute atomic E-state index is 12.2. The number of hydrogen-bond acceptors (Lipinski definition) is 3. The first-order valence-electron chi connectivity index (χ1n) is 6.97. The van der Waals surface area contributed by atoms with Gasteiger partial charge < -0.3 is 15.2 Å². The van der Waals surface area contributed by atoms with E-state index in [4.69, 9.17) is 0 Å². The van der Waals surface area contributed by atoms with Crippen molar-refractivity contribution in [1.82, 2.24) is 20.1 Å². The monoisotopic (exact) mass is 264 g/mol. The molecule has 5 heteroatoms. The Hall–Kier alpha value is -1.33. The Balaban J connectivity index is 1.79. The second kappa shape index (κ2) is 6.73. The fraction of sp³-hybridized carbons (Fsp3) is 0.643. The molecular formula is C14H24N4O. The molecule has 1 aromatic heterocycles. The van der Waals surface area contributed by atoms with Crippen LogP contribution in [0.5, 0.6) is 0 Å². The summed E-state index contributed by atoms with van der Waals surface area (Å²) in [7, 11) is 1.87. The van der Waals surface area contributed by atoms with Crippen molar-refractivity contribution >= 4 is 5.91 Å². The van der Waals surface area contributed by atoms with E-state index in [0.29, 0.717) is 19.0 Å². The van der Waals surface area contributed by atoms with Gasteiger partial charge in [0.1, 0.15) is 0 Å². The van der Waals surface area contributed by atoms with Crippen molar-refractivity contribution in [2.24, 2.45) is 0 Å². The average molecular weight is 264 g/mol. The summed E-state index contributed by atoms with van der Waals surface area (Å²) in [6.07, 6.45) is 4.42. The third-order valence-electron chi connectivity index (χ3n) is 3.75. The highest BCUT2D eigenvalue weighted by molar-refractivity contribution is 5.76. The molecule has 5 nitrogen and oxygen atoms in total. The van der Waals surface area contributed by atoms with Crippen LogP contribution in [-0.4, -0.2) is 60.0 Å². The zero-order chi connectivity index (χ0) is 13.7. The third-order valence-corrected chi connectivity index (χ3v) is 3.75. The summed E-state index contributed by atoms with van der Waals surface area (Å²) in [5.74, 6) is 0.215. The largest absolute Gasteiger partial charge is 0.367 e. The molecule has 0 saturated carbocycles. The molecule has 0 radical (unpaired) electrons. The summed E-state index contributed by atoms with van der Waals surface area (Å²) in [5.41, 5.74) is 1.14. The quantitative estimate of drug-likeness (QED) is 0.821. The van der Waals surface area contributed by atoms with E-state index in [1.54, 1.807) is 0 Å². The van der Waals surface area contributed by atoms with Crippen LogP contribution in [0.4, 0.5) is 0 Å². The van der Waals surface area contributed by atoms with E-state index in [-0.39, 0.29) is 5.91 Å². The number of carbonyl (C=O) groups excluding carboxylic acids is 1. The maximum atomic E-state index is 12.2. The van der Waals surface area contributed by atoms with E-state index in [1.165, 1.54) is 0 Å². The van der Waals surface area contributed by atoms with Crippen LogP contribution in [0.15, 0.2) is 18.5 Å². The number of hydrogen-bond donors (Lipinski definition) is 2. The minimum Gasteiger partial charge on any atom is -0.367 e. The lowest BCUT2D eigenvalue weighted by Crippen LogP contribution is -2.48. The second-order valence-electron chi connectivity index (χ2n) is 5.31. The van der Waals surface area contributed by atoms with Gasteiger partial charge in [-0.15, -0.1) is 0 Å². The summed E-state index contributed by atoms with van der Waals surface area (Å²) >= 11 is 0. The Morgan fingerprint density at radius 2 is 2.21 bits per heavy atom. The summed E-state index contributed by atoms with van der Waals surface area (Å²) in [5, 5.41) is 3.33. The lowest BCUT2D eigenvalue weighted by atomic mass is 10.1. The van der Waals surface area contributed by atoms with Crippen LogP contribution in [0.25, 0.3) is 0 Å². The molecule has 1 aliphatic heterocycles. The molecule has 1 aliphatic rings. The van der Waals surface area contributed by atoms with Crippen molar-refractivity contribution in [2.75, 3.05) is 33.2 Å². The molecule has 106 valence electrons. The van der Waals surface area contributed by atoms with Gasteiger partial charge >= 0.3 is 0 Å². The molecule has 1 amide bonds. The van der Waals surface area contributed by atoms with Crippen LogP contribution < -0.4 is 5.32 Å². The van der Waals surface area contributed by atoms with Crippen molar-refractivity contribution in [1.29, 1.82) is 0 Å². The highest BCUT2D eigenvalue weighted by atomic mass is 16.2. The second-order valence-corrected chi connectivity index (χ2v) is 5.31. The Labute approximate surface area is 115 Å². The number of aromatic amines is 1. The molecule has 1 fully saturated rings. The van der Waals surface area contributed by atoms with Gasteiger partial charge in [-0.3, -0.25) is 9.69 Å². The Morgan fingerprint density at radius 3 is 2.84 bits per heavy atom. The molecule has 2 heterocycles. The fourth-order valence-electron chi connectivity index (χ4n) is 2.48. The molecule has 0 bridgehead atoms. The molecule has 0 aromatic carbocycles. The molecule has 0 aliphatic carbocycles. The van der Waals surface area contributed by atoms with Crippen LogP contribution in [0.3, 0.4) is 0 Å². The molecule has 1 unspecified atom stereocenters. The van der Waals surface area contributed by atoms with Crippen LogP contribution in [-0.2, 0) is 11.3 Å². The van der Waals surface area contributed by atoms with Crippen LogP contribution in [0.2, 0.25) is 0 Å². The first kappa shape index (κ1) is 14.1. The number of amides is 1. The van der Waals surface area contributed by atoms with E-state index in [9.17, 15) is 4.79 Å². The minimum absolute atomic E-state index is 0.215. The SMILES string of the molecule is CC(CC(=O)N(C)Cc1cc[nH]c1)N1CCNCC1. The van der Waals surface area contributed by atoms with E-state index >= 15 is 0 Å². The van der Waals surface area contributed by atoms with Gasteiger partial charge in [-0.1, -0.05) is 0 Å². The van der Waals surface area contributed by atoms with Crippen LogP contribution >= 0.6 is 0 Å². The summed E-state index contributed by atoms with van der Waals surface area (Å²) < 4.78 is 0. The molecule has 1 saturated heterocycles. The number of nitrogens with zero attached hydrogens (tertiary/aromatic N) is 2. The number of piperazine rings is 1. The first-order chi connectivity index (χ1) is 9.16. The Kier molecular flexibility index (Phi) is 4.99. The number of carbonyl (C=O) groups is 1. The molecule has 19 heavy (non-hydrogen) atoms. The van der Waals surface area contributed by atoms with Crippen molar-refractivity contribution < 1.29 is 4.79 Å². The molecule has 1 aromatic rings. The van der Waals surface area contributed by atoms with Crippen molar-refractivity contribution in [2.45, 2.75) is 25.9 Å². The predicted octanol–water partition coefficient (Wildman–Crippen LogP) is 0.657. The third kappa shape index (κ3) is 4.08. The average Bonchev–Trinajstić information content (AvgIpc) is 2.92. The van der Waals surface area contributed by atoms with E-state index in [1.807, 2.05) is 30.4 Å². The minimum atomic E-state index is 0.215. The topological polar surface area (TPSA) is 51.4 Å². The van der Waals surface area contributed by atoms with E-state index in [0.717, 1.165) is 31.7 Å². The maximum Gasteiger partial charge on any atom is 0.224 e. The lowest BCUT2D eigenvalue weighted by molar-refractivity contribution is -0.131. The van der Waals surface area contributed by atoms with Gasteiger partial charge in [-0.05, 0) is 18.6 Å². The molecular weight excluding hydrogens is 240 g/mol. The normalized spacial score (nSPS) is 18.2. The zero-order valence-electron chi connectivity index (χ0n) is 11.9. The Bertz CT molecular complexity index is 384. The van der Waals surface area contributed by atoms with Crippen LogP contribution in [0.1, 0.15) is 18.9 Å². The standard InChI is InChI=1S/C14H24N4O/c1-12(18-7-5-15-6-8-18)9-14(19)17(2)11-13-3-4-16-10-13/h3-4,10,12,15-16H,5-9,11H2,1-2H3. The summed E-state index contributed by atoms with van der Waals surface area (Å²) in [4.78, 5) is 19.4. The predicted molar refractivity (Wildman–Crippen MR) is 75.8 cm³/mol. The highest BCUT2D eigenvalue weighted by Gasteiger charge is 2.20. The van der Waals surface area contributed by atoms with Gasteiger partial charge in [-0.25, -0.2) is 0 Å². The highest BCUT2D eigenvalue weighted by Crippen LogP contribution is 2.09. The molecule has 2 N–H and O–H groups in total. The number of rotatable bonds is 5. The van der Waals surface area contributed by atoms with Gasteiger partial charge in [0.05, 0.1) is 0 Å². The number of H-pyrrole nitrogens is 1.